The van der Waals surface area contributed by atoms with Gasteiger partial charge in [-0.15, -0.1) is 0 Å². The number of methoxy groups -OCH3 is 2. The molecular formula is C33H38FNO4. The van der Waals surface area contributed by atoms with E-state index in [-0.39, 0.29) is 17.7 Å². The molecule has 1 atom stereocenters. The molecule has 1 aliphatic carbocycles. The molecule has 2 aliphatic rings. The zero-order valence-corrected chi connectivity index (χ0v) is 23.0. The maximum atomic E-state index is 15.0. The number of carbonyl (C=O) groups is 1. The first-order valence-electron chi connectivity index (χ1n) is 14.0. The van der Waals surface area contributed by atoms with Crippen molar-refractivity contribution in [3.8, 4) is 22.6 Å². The summed E-state index contributed by atoms with van der Waals surface area (Å²) in [6, 6.07) is 19.2. The van der Waals surface area contributed by atoms with Crippen LogP contribution in [-0.4, -0.2) is 38.2 Å². The Morgan fingerprint density at radius 3 is 2.51 bits per heavy atom. The number of esters is 1. The standard InChI is InChI=1S/C33H38FNO4/c1-37-27-12-14-32(34)31(19-27)29-13-9-23(17-26(29)21-35-15-4-3-5-16-35)22-39-28-8-6-7-25(18-28)30(24-10-11-24)20-33(36)38-2/h6-9,12-14,17-19,24,30H,3-5,10-11,15-16,20-22H2,1-2H3/t30-/m0/s1. The Hall–Kier alpha value is -3.38. The van der Waals surface area contributed by atoms with Gasteiger partial charge in [-0.1, -0.05) is 36.8 Å². The van der Waals surface area contributed by atoms with Crippen molar-refractivity contribution in [1.82, 2.24) is 4.90 Å². The van der Waals surface area contributed by atoms with Crippen LogP contribution in [0.25, 0.3) is 11.1 Å². The van der Waals surface area contributed by atoms with Gasteiger partial charge >= 0.3 is 5.97 Å². The van der Waals surface area contributed by atoms with Crippen molar-refractivity contribution in [2.45, 2.75) is 57.6 Å². The third-order valence-corrected chi connectivity index (χ3v) is 7.97. The highest BCUT2D eigenvalue weighted by molar-refractivity contribution is 5.71. The van der Waals surface area contributed by atoms with Gasteiger partial charge in [0.15, 0.2) is 0 Å². The van der Waals surface area contributed by atoms with Crippen LogP contribution in [0.1, 0.15) is 61.1 Å². The van der Waals surface area contributed by atoms with Gasteiger partial charge in [-0.05, 0) is 103 Å². The Labute approximate surface area is 230 Å². The molecule has 1 heterocycles. The minimum Gasteiger partial charge on any atom is -0.497 e. The van der Waals surface area contributed by atoms with Crippen LogP contribution in [-0.2, 0) is 22.7 Å². The predicted octanol–water partition coefficient (Wildman–Crippen LogP) is 7.12. The number of hydrogen-bond donors (Lipinski definition) is 0. The number of nitrogens with zero attached hydrogens (tertiary/aromatic N) is 1. The van der Waals surface area contributed by atoms with Crippen LogP contribution in [0.3, 0.4) is 0 Å². The van der Waals surface area contributed by atoms with Crippen LogP contribution in [0.2, 0.25) is 0 Å². The summed E-state index contributed by atoms with van der Waals surface area (Å²) in [7, 11) is 3.04. The summed E-state index contributed by atoms with van der Waals surface area (Å²) in [5, 5.41) is 0. The van der Waals surface area contributed by atoms with Gasteiger partial charge in [-0.2, -0.15) is 0 Å². The summed E-state index contributed by atoms with van der Waals surface area (Å²) in [6.07, 6.45) is 6.34. The molecule has 0 radical (unpaired) electrons. The number of halogens is 1. The van der Waals surface area contributed by atoms with Crippen molar-refractivity contribution in [3.63, 3.8) is 0 Å². The zero-order chi connectivity index (χ0) is 27.2. The molecule has 3 aromatic carbocycles. The third kappa shape index (κ3) is 6.99. The topological polar surface area (TPSA) is 48.0 Å². The normalized spacial score (nSPS) is 16.5. The van der Waals surface area contributed by atoms with Crippen LogP contribution < -0.4 is 9.47 Å². The summed E-state index contributed by atoms with van der Waals surface area (Å²) in [4.78, 5) is 14.4. The van der Waals surface area contributed by atoms with Gasteiger partial charge in [-0.3, -0.25) is 9.69 Å². The fourth-order valence-corrected chi connectivity index (χ4v) is 5.65. The zero-order valence-electron chi connectivity index (χ0n) is 23.0. The number of rotatable bonds is 11. The fraction of sp³-hybridized carbons (Fsp3) is 0.424. The lowest BCUT2D eigenvalue weighted by atomic mass is 9.91. The van der Waals surface area contributed by atoms with E-state index in [0.717, 1.165) is 60.5 Å². The van der Waals surface area contributed by atoms with E-state index < -0.39 is 0 Å². The molecule has 0 amide bonds. The number of piperidine rings is 1. The molecule has 3 aromatic rings. The molecule has 5 rings (SSSR count). The van der Waals surface area contributed by atoms with Crippen LogP contribution in [0.15, 0.2) is 60.7 Å². The van der Waals surface area contributed by atoms with E-state index in [1.165, 1.54) is 32.4 Å². The minimum atomic E-state index is -0.256. The lowest BCUT2D eigenvalue weighted by Gasteiger charge is -2.27. The first-order valence-corrected chi connectivity index (χ1v) is 14.0. The van der Waals surface area contributed by atoms with Gasteiger partial charge in [0.1, 0.15) is 23.9 Å². The maximum absolute atomic E-state index is 15.0. The molecule has 0 bridgehead atoms. The molecule has 0 aromatic heterocycles. The molecule has 206 valence electrons. The molecule has 1 saturated carbocycles. The first kappa shape index (κ1) is 27.2. The van der Waals surface area contributed by atoms with Gasteiger partial charge in [0, 0.05) is 12.1 Å². The highest BCUT2D eigenvalue weighted by atomic mass is 19.1. The molecule has 2 fully saturated rings. The Morgan fingerprint density at radius 1 is 0.949 bits per heavy atom. The Balaban J connectivity index is 1.36. The summed E-state index contributed by atoms with van der Waals surface area (Å²) in [6.45, 7) is 3.29. The number of carbonyl (C=O) groups excluding carboxylic acids is 1. The molecule has 39 heavy (non-hydrogen) atoms. The minimum absolute atomic E-state index is 0.161. The molecule has 0 spiro atoms. The highest BCUT2D eigenvalue weighted by Gasteiger charge is 2.34. The number of likely N-dealkylation sites (tertiary alicyclic amines) is 1. The first-order chi connectivity index (χ1) is 19.0. The van der Waals surface area contributed by atoms with Gasteiger partial charge in [0.05, 0.1) is 20.6 Å². The monoisotopic (exact) mass is 531 g/mol. The van der Waals surface area contributed by atoms with E-state index in [2.05, 4.69) is 23.1 Å². The van der Waals surface area contributed by atoms with Crippen LogP contribution in [0, 0.1) is 11.7 Å². The smallest absolute Gasteiger partial charge is 0.306 e. The van der Waals surface area contributed by atoms with E-state index >= 15 is 0 Å². The highest BCUT2D eigenvalue weighted by Crippen LogP contribution is 2.45. The van der Waals surface area contributed by atoms with Gasteiger partial charge in [0.2, 0.25) is 0 Å². The summed E-state index contributed by atoms with van der Waals surface area (Å²) in [5.74, 6) is 1.68. The van der Waals surface area contributed by atoms with Crippen molar-refractivity contribution in [2.24, 2.45) is 5.92 Å². The second kappa shape index (κ2) is 12.6. The third-order valence-electron chi connectivity index (χ3n) is 7.97. The van der Waals surface area contributed by atoms with E-state index in [0.29, 0.717) is 30.3 Å². The van der Waals surface area contributed by atoms with Crippen molar-refractivity contribution in [2.75, 3.05) is 27.3 Å². The van der Waals surface area contributed by atoms with E-state index in [9.17, 15) is 9.18 Å². The maximum Gasteiger partial charge on any atom is 0.306 e. The Morgan fingerprint density at radius 2 is 1.77 bits per heavy atom. The molecule has 0 unspecified atom stereocenters. The SMILES string of the molecule is COC(=O)C[C@H](c1cccc(OCc2ccc(-c3cc(OC)ccc3F)c(CN3CCCCC3)c2)c1)C1CC1. The number of hydrogen-bond acceptors (Lipinski definition) is 5. The van der Waals surface area contributed by atoms with Crippen molar-refractivity contribution < 1.29 is 23.4 Å². The lowest BCUT2D eigenvalue weighted by Crippen LogP contribution is -2.29. The largest absolute Gasteiger partial charge is 0.497 e. The van der Waals surface area contributed by atoms with Crippen molar-refractivity contribution in [1.29, 1.82) is 0 Å². The average molecular weight is 532 g/mol. The van der Waals surface area contributed by atoms with Gasteiger partial charge in [0.25, 0.3) is 0 Å². The number of benzene rings is 3. The molecule has 6 heteroatoms. The Kier molecular flexibility index (Phi) is 8.82. The molecule has 5 nitrogen and oxygen atoms in total. The van der Waals surface area contributed by atoms with E-state index in [1.54, 1.807) is 19.2 Å². The van der Waals surface area contributed by atoms with E-state index in [4.69, 9.17) is 14.2 Å². The van der Waals surface area contributed by atoms with Crippen molar-refractivity contribution >= 4 is 5.97 Å². The average Bonchev–Trinajstić information content (AvgIpc) is 3.81. The van der Waals surface area contributed by atoms with E-state index in [1.807, 2.05) is 24.3 Å². The van der Waals surface area contributed by atoms with Crippen LogP contribution in [0.5, 0.6) is 11.5 Å². The molecule has 1 aliphatic heterocycles. The molecular weight excluding hydrogens is 493 g/mol. The Bertz CT molecular complexity index is 1280. The summed E-state index contributed by atoms with van der Waals surface area (Å²) >= 11 is 0. The lowest BCUT2D eigenvalue weighted by molar-refractivity contribution is -0.141. The van der Waals surface area contributed by atoms with Gasteiger partial charge < -0.3 is 14.2 Å². The number of ether oxygens (including phenoxy) is 3. The van der Waals surface area contributed by atoms with Gasteiger partial charge in [-0.25, -0.2) is 4.39 Å². The second-order valence-electron chi connectivity index (χ2n) is 10.8. The summed E-state index contributed by atoms with van der Waals surface area (Å²) < 4.78 is 31.5. The predicted molar refractivity (Wildman–Crippen MR) is 150 cm³/mol. The fourth-order valence-electron chi connectivity index (χ4n) is 5.65. The second-order valence-corrected chi connectivity index (χ2v) is 10.8. The quantitative estimate of drug-likeness (QED) is 0.247. The molecule has 1 saturated heterocycles. The van der Waals surface area contributed by atoms with Crippen LogP contribution in [0.4, 0.5) is 4.39 Å². The molecule has 0 N–H and O–H groups in total. The van der Waals surface area contributed by atoms with Crippen LogP contribution >= 0.6 is 0 Å². The van der Waals surface area contributed by atoms with Crippen molar-refractivity contribution in [3.05, 3.63) is 83.2 Å². The summed E-state index contributed by atoms with van der Waals surface area (Å²) in [5.41, 5.74) is 4.68.